The number of hydrogen-bond donors (Lipinski definition) is 1. The number of methoxy groups -OCH3 is 2. The van der Waals surface area contributed by atoms with Gasteiger partial charge in [0.25, 0.3) is 0 Å². The molecule has 1 heterocycles. The fraction of sp³-hybridized carbons (Fsp3) is 0.258. The van der Waals surface area contributed by atoms with E-state index in [9.17, 15) is 9.90 Å². The van der Waals surface area contributed by atoms with Crippen molar-refractivity contribution >= 4 is 11.7 Å². The van der Waals surface area contributed by atoms with Crippen molar-refractivity contribution in [2.24, 2.45) is 11.1 Å². The maximum Gasteiger partial charge on any atom is 0.306 e. The summed E-state index contributed by atoms with van der Waals surface area (Å²) in [6, 6.07) is 22.6. The molecule has 9 heteroatoms. The number of benzene rings is 3. The van der Waals surface area contributed by atoms with Gasteiger partial charge in [0.2, 0.25) is 11.6 Å². The average Bonchev–Trinajstić information content (AvgIpc) is 3.36. The lowest BCUT2D eigenvalue weighted by atomic mass is 9.99. The van der Waals surface area contributed by atoms with Crippen LogP contribution in [-0.4, -0.2) is 36.0 Å². The number of oxazole rings is 1. The first kappa shape index (κ1) is 28.2. The highest BCUT2D eigenvalue weighted by Gasteiger charge is 2.19. The van der Waals surface area contributed by atoms with E-state index >= 15 is 0 Å². The maximum absolute atomic E-state index is 11.4. The van der Waals surface area contributed by atoms with Gasteiger partial charge in [-0.2, -0.15) is 0 Å². The van der Waals surface area contributed by atoms with Crippen molar-refractivity contribution in [3.8, 4) is 28.7 Å². The number of rotatable bonds is 13. The second kappa shape index (κ2) is 13.3. The molecule has 1 aromatic heterocycles. The average molecular weight is 545 g/mol. The molecule has 4 aromatic rings. The van der Waals surface area contributed by atoms with Crippen molar-refractivity contribution < 1.29 is 33.4 Å². The molecule has 0 spiro atoms. The number of carboxylic acids is 1. The molecule has 1 unspecified atom stereocenters. The van der Waals surface area contributed by atoms with Gasteiger partial charge in [0.15, 0.2) is 11.5 Å². The van der Waals surface area contributed by atoms with Crippen molar-refractivity contribution in [2.75, 3.05) is 14.2 Å². The van der Waals surface area contributed by atoms with Crippen LogP contribution in [0, 0.1) is 12.8 Å². The fourth-order valence-electron chi connectivity index (χ4n) is 3.97. The number of aliphatic carboxylic acids is 1. The summed E-state index contributed by atoms with van der Waals surface area (Å²) in [7, 11) is 3.08. The van der Waals surface area contributed by atoms with Crippen LogP contribution in [0.5, 0.6) is 17.2 Å². The van der Waals surface area contributed by atoms with E-state index in [4.69, 9.17) is 23.5 Å². The molecule has 40 heavy (non-hydrogen) atoms. The molecule has 1 N–H and O–H groups in total. The summed E-state index contributed by atoms with van der Waals surface area (Å²) in [5, 5.41) is 13.6. The minimum absolute atomic E-state index is 0.105. The molecule has 9 nitrogen and oxygen atoms in total. The molecule has 208 valence electrons. The molecule has 1 atom stereocenters. The van der Waals surface area contributed by atoms with E-state index in [2.05, 4.69) is 10.1 Å². The van der Waals surface area contributed by atoms with Crippen LogP contribution in [0.3, 0.4) is 0 Å². The minimum atomic E-state index is -0.897. The number of aromatic nitrogens is 1. The van der Waals surface area contributed by atoms with Crippen LogP contribution >= 0.6 is 0 Å². The van der Waals surface area contributed by atoms with Gasteiger partial charge >= 0.3 is 5.97 Å². The Morgan fingerprint density at radius 1 is 0.975 bits per heavy atom. The monoisotopic (exact) mass is 544 g/mol. The fourth-order valence-corrected chi connectivity index (χ4v) is 3.97. The van der Waals surface area contributed by atoms with Crippen molar-refractivity contribution in [1.82, 2.24) is 4.98 Å². The molecule has 0 aliphatic rings. The van der Waals surface area contributed by atoms with E-state index < -0.39 is 11.9 Å². The number of oxime groups is 1. The minimum Gasteiger partial charge on any atom is -0.493 e. The smallest absolute Gasteiger partial charge is 0.306 e. The third-order valence-corrected chi connectivity index (χ3v) is 6.22. The third-order valence-electron chi connectivity index (χ3n) is 6.22. The molecule has 0 fully saturated rings. The van der Waals surface area contributed by atoms with E-state index in [0.717, 1.165) is 16.7 Å². The van der Waals surface area contributed by atoms with Crippen molar-refractivity contribution in [3.05, 3.63) is 95.4 Å². The number of carboxylic acid groups (broad SMARTS) is 1. The second-order valence-corrected chi connectivity index (χ2v) is 9.13. The molecule has 0 amide bonds. The van der Waals surface area contributed by atoms with Gasteiger partial charge in [-0.3, -0.25) is 4.79 Å². The van der Waals surface area contributed by atoms with Crippen molar-refractivity contribution in [2.45, 2.75) is 33.5 Å². The van der Waals surface area contributed by atoms with Gasteiger partial charge < -0.3 is 28.6 Å². The molecular formula is C31H32N2O7. The number of ether oxygens (including phenoxy) is 3. The molecule has 4 rings (SSSR count). The van der Waals surface area contributed by atoms with Crippen LogP contribution in [0.15, 0.2) is 82.4 Å². The van der Waals surface area contributed by atoms with E-state index in [1.54, 1.807) is 33.3 Å². The molecule has 0 aliphatic heterocycles. The highest BCUT2D eigenvalue weighted by molar-refractivity contribution is 6.01. The summed E-state index contributed by atoms with van der Waals surface area (Å²) in [4.78, 5) is 21.7. The highest BCUT2D eigenvalue weighted by atomic mass is 16.6. The lowest BCUT2D eigenvalue weighted by molar-refractivity contribution is -0.140. The Morgan fingerprint density at radius 3 is 2.20 bits per heavy atom. The summed E-state index contributed by atoms with van der Waals surface area (Å²) >= 11 is 0. The number of aryl methyl sites for hydroxylation is 1. The van der Waals surface area contributed by atoms with E-state index in [1.807, 2.05) is 67.6 Å². The molecule has 0 aliphatic carbocycles. The number of nitrogens with zero attached hydrogens (tertiary/aromatic N) is 2. The van der Waals surface area contributed by atoms with Crippen LogP contribution in [0.1, 0.15) is 35.9 Å². The van der Waals surface area contributed by atoms with Gasteiger partial charge in [0.05, 0.1) is 25.8 Å². The highest BCUT2D eigenvalue weighted by Crippen LogP contribution is 2.39. The predicted molar refractivity (Wildman–Crippen MR) is 150 cm³/mol. The van der Waals surface area contributed by atoms with Gasteiger partial charge in [-0.05, 0) is 42.3 Å². The molecule has 0 saturated carbocycles. The predicted octanol–water partition coefficient (Wildman–Crippen LogP) is 6.28. The molecular weight excluding hydrogens is 512 g/mol. The second-order valence-electron chi connectivity index (χ2n) is 9.13. The molecule has 0 bridgehead atoms. The first-order valence-corrected chi connectivity index (χ1v) is 12.8. The van der Waals surface area contributed by atoms with Gasteiger partial charge in [-0.1, -0.05) is 60.6 Å². The van der Waals surface area contributed by atoms with Crippen molar-refractivity contribution in [1.29, 1.82) is 0 Å². The Balaban J connectivity index is 1.50. The summed E-state index contributed by atoms with van der Waals surface area (Å²) in [5.74, 6) is 0.994. The lowest BCUT2D eigenvalue weighted by Crippen LogP contribution is -2.15. The number of hydrogen-bond acceptors (Lipinski definition) is 8. The molecule has 3 aromatic carbocycles. The zero-order chi connectivity index (χ0) is 28.5. The Kier molecular flexibility index (Phi) is 9.40. The first-order valence-electron chi connectivity index (χ1n) is 12.8. The Labute approximate surface area is 233 Å². The van der Waals surface area contributed by atoms with Crippen LogP contribution < -0.4 is 14.2 Å². The van der Waals surface area contributed by atoms with Crippen LogP contribution in [0.25, 0.3) is 11.5 Å². The lowest BCUT2D eigenvalue weighted by Gasteiger charge is -2.16. The van der Waals surface area contributed by atoms with E-state index in [0.29, 0.717) is 40.3 Å². The Bertz CT molecular complexity index is 1420. The third kappa shape index (κ3) is 6.99. The molecule has 0 saturated heterocycles. The Morgan fingerprint density at radius 2 is 1.60 bits per heavy atom. The zero-order valence-electron chi connectivity index (χ0n) is 22.9. The molecule has 0 radical (unpaired) electrons. The van der Waals surface area contributed by atoms with E-state index in [-0.39, 0.29) is 19.6 Å². The standard InChI is InChI=1S/C31H32N2O7/c1-20(31(34)35)15-25(23-11-7-5-8-12-23)33-39-18-22-16-27(36-3)29(28(17-22)37-4)38-19-26-21(2)40-30(32-26)24-13-9-6-10-14-24/h5-14,16-17,20H,15,18-19H2,1-4H3,(H,34,35). The van der Waals surface area contributed by atoms with Crippen molar-refractivity contribution in [3.63, 3.8) is 0 Å². The van der Waals surface area contributed by atoms with Gasteiger partial charge in [0, 0.05) is 12.0 Å². The Hall–Kier alpha value is -4.79. The quantitative estimate of drug-likeness (QED) is 0.155. The summed E-state index contributed by atoms with van der Waals surface area (Å²) in [6.07, 6.45) is 0.228. The van der Waals surface area contributed by atoms with Crippen LogP contribution in [-0.2, 0) is 22.8 Å². The zero-order valence-corrected chi connectivity index (χ0v) is 22.9. The topological polar surface area (TPSA) is 113 Å². The van der Waals surface area contributed by atoms with Crippen LogP contribution in [0.4, 0.5) is 0 Å². The maximum atomic E-state index is 11.4. The SMILES string of the molecule is COc1cc(CON=C(CC(C)C(=O)O)c2ccccc2)cc(OC)c1OCc1nc(-c2ccccc2)oc1C. The van der Waals surface area contributed by atoms with Gasteiger partial charge in [-0.25, -0.2) is 4.98 Å². The largest absolute Gasteiger partial charge is 0.493 e. The summed E-state index contributed by atoms with van der Waals surface area (Å²) in [6.45, 7) is 3.73. The van der Waals surface area contributed by atoms with Gasteiger partial charge in [0.1, 0.15) is 24.7 Å². The normalized spacial score (nSPS) is 12.1. The van der Waals surface area contributed by atoms with Crippen LogP contribution in [0.2, 0.25) is 0 Å². The van der Waals surface area contributed by atoms with Gasteiger partial charge in [-0.15, -0.1) is 0 Å². The van der Waals surface area contributed by atoms with E-state index in [1.165, 1.54) is 0 Å². The summed E-state index contributed by atoms with van der Waals surface area (Å²) in [5.41, 5.74) is 3.62. The summed E-state index contributed by atoms with van der Waals surface area (Å²) < 4.78 is 23.1. The first-order chi connectivity index (χ1) is 19.4. The number of carbonyl (C=O) groups is 1.